The number of rotatable bonds is 5. The van der Waals surface area contributed by atoms with E-state index in [1.165, 1.54) is 0 Å². The Labute approximate surface area is 126 Å². The Balaban J connectivity index is 0. The number of nitrogens with zero attached hydrogens (tertiary/aromatic N) is 1. The molecule has 1 fully saturated rings. The molecule has 0 aromatic rings. The monoisotopic (exact) mass is 307 g/mol. The van der Waals surface area contributed by atoms with Crippen LogP contribution in [0.2, 0.25) is 0 Å². The van der Waals surface area contributed by atoms with Gasteiger partial charge in [0.25, 0.3) is 0 Å². The molecule has 0 unspecified atom stereocenters. The van der Waals surface area contributed by atoms with Crippen LogP contribution in [0.15, 0.2) is 5.16 Å². The number of esters is 1. The fourth-order valence-electron chi connectivity index (χ4n) is 1.79. The number of oxime groups is 1. The van der Waals surface area contributed by atoms with Gasteiger partial charge >= 0.3 is 5.97 Å². The Morgan fingerprint density at radius 1 is 1.25 bits per heavy atom. The Hall–Kier alpha value is -1.10. The normalized spacial score (nSPS) is 20.4. The molecule has 1 N–H and O–H groups in total. The van der Waals surface area contributed by atoms with Crippen molar-refractivity contribution < 1.29 is 19.5 Å². The van der Waals surface area contributed by atoms with E-state index in [0.29, 0.717) is 25.9 Å². The number of carbonyl (C=O) groups is 2. The molecule has 0 aromatic carbocycles. The van der Waals surface area contributed by atoms with Crippen molar-refractivity contribution in [3.63, 3.8) is 0 Å². The molecule has 0 radical (unpaired) electrons. The molecule has 118 valence electrons. The van der Waals surface area contributed by atoms with E-state index in [0.717, 1.165) is 0 Å². The quantitative estimate of drug-likeness (QED) is 0.364. The molecule has 0 aromatic heterocycles. The Morgan fingerprint density at radius 2 is 1.75 bits per heavy atom. The maximum Gasteiger partial charge on any atom is 0.306 e. The minimum absolute atomic E-state index is 0.177. The zero-order valence-corrected chi connectivity index (χ0v) is 13.7. The molecule has 1 aliphatic rings. The van der Waals surface area contributed by atoms with Crippen molar-refractivity contribution in [2.45, 2.75) is 53.9 Å². The van der Waals surface area contributed by atoms with E-state index in [-0.39, 0.29) is 28.8 Å². The summed E-state index contributed by atoms with van der Waals surface area (Å²) in [6, 6.07) is 0. The second-order valence-corrected chi connectivity index (χ2v) is 4.16. The highest BCUT2D eigenvalue weighted by Gasteiger charge is 2.37. The van der Waals surface area contributed by atoms with Gasteiger partial charge in [0.05, 0.1) is 6.61 Å². The van der Waals surface area contributed by atoms with Gasteiger partial charge in [0.15, 0.2) is 5.78 Å². The minimum Gasteiger partial charge on any atom is -0.466 e. The van der Waals surface area contributed by atoms with Crippen LogP contribution in [0.5, 0.6) is 0 Å². The number of Topliss-reactive ketones (excluding diaryl/α,β-unsaturated/α-hetero) is 1. The predicted octanol–water partition coefficient (Wildman–Crippen LogP) is 3.61. The van der Waals surface area contributed by atoms with Crippen LogP contribution in [-0.2, 0) is 14.3 Å². The summed E-state index contributed by atoms with van der Waals surface area (Å²) in [7, 11) is 0. The van der Waals surface area contributed by atoms with Crippen molar-refractivity contribution in [3.8, 4) is 0 Å². The number of ketones is 1. The average molecular weight is 308 g/mol. The van der Waals surface area contributed by atoms with E-state index in [4.69, 9.17) is 21.5 Å². The van der Waals surface area contributed by atoms with Crippen molar-refractivity contribution >= 4 is 28.5 Å². The minimum atomic E-state index is -0.389. The molecule has 0 spiro atoms. The van der Waals surface area contributed by atoms with Crippen LogP contribution < -0.4 is 0 Å². The van der Waals surface area contributed by atoms with E-state index in [9.17, 15) is 9.59 Å². The Bertz CT molecular complexity index is 312. The first-order valence-corrected chi connectivity index (χ1v) is 7.53. The van der Waals surface area contributed by atoms with Gasteiger partial charge in [-0.3, -0.25) is 9.59 Å². The van der Waals surface area contributed by atoms with E-state index in [1.807, 2.05) is 27.7 Å². The van der Waals surface area contributed by atoms with Crippen LogP contribution in [0, 0.1) is 11.8 Å². The third-order valence-electron chi connectivity index (χ3n) is 2.66. The topological polar surface area (TPSA) is 76.0 Å². The largest absolute Gasteiger partial charge is 0.466 e. The summed E-state index contributed by atoms with van der Waals surface area (Å²) in [6.45, 7) is 10.1. The van der Waals surface area contributed by atoms with Crippen LogP contribution in [0.25, 0.3) is 0 Å². The van der Waals surface area contributed by atoms with Crippen LogP contribution >= 0.6 is 11.6 Å². The summed E-state index contributed by atoms with van der Waals surface area (Å²) >= 11 is 5.39. The number of carbonyl (C=O) groups excluding carboxylic acids is 2. The molecule has 0 atom stereocenters. The first-order valence-electron chi connectivity index (χ1n) is 7.15. The smallest absolute Gasteiger partial charge is 0.306 e. The molecule has 1 aliphatic carbocycles. The molecule has 0 bridgehead atoms. The van der Waals surface area contributed by atoms with Gasteiger partial charge in [-0.1, -0.05) is 44.5 Å². The average Bonchev–Trinajstić information content (AvgIpc) is 2.45. The van der Waals surface area contributed by atoms with Gasteiger partial charge < -0.3 is 9.94 Å². The predicted molar refractivity (Wildman–Crippen MR) is 80.2 cm³/mol. The number of hydrogen-bond acceptors (Lipinski definition) is 5. The molecule has 0 aliphatic heterocycles. The van der Waals surface area contributed by atoms with Crippen LogP contribution in [0.3, 0.4) is 0 Å². The van der Waals surface area contributed by atoms with Gasteiger partial charge in [-0.15, -0.1) is 0 Å². The fourth-order valence-corrected chi connectivity index (χ4v) is 1.94. The summed E-state index contributed by atoms with van der Waals surface area (Å²) < 4.78 is 4.80. The molecular weight excluding hydrogens is 282 g/mol. The summed E-state index contributed by atoms with van der Waals surface area (Å²) in [5.41, 5.74) is 0. The van der Waals surface area contributed by atoms with Crippen molar-refractivity contribution in [1.82, 2.24) is 0 Å². The lowest BCUT2D eigenvalue weighted by molar-refractivity contribution is -0.146. The van der Waals surface area contributed by atoms with Crippen LogP contribution in [0.4, 0.5) is 0 Å². The standard InChI is InChI=1S/C10H14ClNO4.2C2H6/c1-2-16-8(13)5-6-3-7(4-6)9(14)10(11)12-15;2*1-2/h6-7,15H,2-5H2,1H3;2*1-2H3/b12-10-;;. The van der Waals surface area contributed by atoms with Crippen molar-refractivity contribution in [2.75, 3.05) is 6.61 Å². The zero-order valence-electron chi connectivity index (χ0n) is 13.0. The number of hydrogen-bond donors (Lipinski definition) is 1. The third kappa shape index (κ3) is 7.48. The molecule has 20 heavy (non-hydrogen) atoms. The molecule has 6 heteroatoms. The molecule has 0 saturated heterocycles. The number of ether oxygens (including phenoxy) is 1. The van der Waals surface area contributed by atoms with Crippen LogP contribution in [0.1, 0.15) is 53.9 Å². The maximum atomic E-state index is 11.4. The van der Waals surface area contributed by atoms with E-state index in [2.05, 4.69) is 5.16 Å². The molecule has 0 amide bonds. The highest BCUT2D eigenvalue weighted by atomic mass is 35.5. The number of halogens is 1. The first kappa shape index (κ1) is 21.2. The summed E-state index contributed by atoms with van der Waals surface area (Å²) in [4.78, 5) is 22.5. The molecule has 0 heterocycles. The molecular formula is C14H26ClNO4. The lowest BCUT2D eigenvalue weighted by Gasteiger charge is -2.32. The second-order valence-electron chi connectivity index (χ2n) is 3.80. The van der Waals surface area contributed by atoms with Crippen molar-refractivity contribution in [3.05, 3.63) is 0 Å². The van der Waals surface area contributed by atoms with E-state index >= 15 is 0 Å². The SMILES string of the molecule is CC.CC.CCOC(=O)CC1CC(C(=O)/C(Cl)=N/O)C1. The Kier molecular flexibility index (Phi) is 13.7. The van der Waals surface area contributed by atoms with Gasteiger partial charge in [0, 0.05) is 12.3 Å². The lowest BCUT2D eigenvalue weighted by atomic mass is 9.71. The van der Waals surface area contributed by atoms with Crippen LogP contribution in [-0.4, -0.2) is 28.7 Å². The summed E-state index contributed by atoms with van der Waals surface area (Å²) in [5, 5.41) is 10.6. The zero-order chi connectivity index (χ0) is 16.1. The molecule has 1 rings (SSSR count). The first-order chi connectivity index (χ1) is 9.58. The van der Waals surface area contributed by atoms with Gasteiger partial charge in [0.2, 0.25) is 5.17 Å². The van der Waals surface area contributed by atoms with Crippen molar-refractivity contribution in [1.29, 1.82) is 0 Å². The fraction of sp³-hybridized carbons (Fsp3) is 0.786. The van der Waals surface area contributed by atoms with Crippen molar-refractivity contribution in [2.24, 2.45) is 17.0 Å². The second kappa shape index (κ2) is 12.9. The summed E-state index contributed by atoms with van der Waals surface area (Å²) in [5.74, 6) is -0.636. The molecule has 1 saturated carbocycles. The lowest BCUT2D eigenvalue weighted by Crippen LogP contribution is -2.34. The third-order valence-corrected chi connectivity index (χ3v) is 2.92. The Morgan fingerprint density at radius 3 is 2.15 bits per heavy atom. The maximum absolute atomic E-state index is 11.4. The summed E-state index contributed by atoms with van der Waals surface area (Å²) in [6.07, 6.45) is 1.54. The molecule has 5 nitrogen and oxygen atoms in total. The van der Waals surface area contributed by atoms with Gasteiger partial charge in [-0.25, -0.2) is 0 Å². The highest BCUT2D eigenvalue weighted by molar-refractivity contribution is 6.83. The van der Waals surface area contributed by atoms with E-state index in [1.54, 1.807) is 6.92 Å². The van der Waals surface area contributed by atoms with Gasteiger partial charge in [-0.05, 0) is 25.7 Å². The van der Waals surface area contributed by atoms with Gasteiger partial charge in [0.1, 0.15) is 0 Å². The van der Waals surface area contributed by atoms with Gasteiger partial charge in [-0.2, -0.15) is 0 Å². The highest BCUT2D eigenvalue weighted by Crippen LogP contribution is 2.37. The van der Waals surface area contributed by atoms with E-state index < -0.39 is 0 Å².